The van der Waals surface area contributed by atoms with Crippen LogP contribution in [-0.4, -0.2) is 22.5 Å². The van der Waals surface area contributed by atoms with E-state index in [1.807, 2.05) is 278 Å². The van der Waals surface area contributed by atoms with E-state index >= 15 is 0 Å². The number of carbonyl (C=O) groups excluding carboxylic acids is 3. The smallest absolute Gasteiger partial charge is 0.196 e. The molecular weight excluding hydrogens is 1890 g/mol. The molecule has 0 bridgehead atoms. The Morgan fingerprint density at radius 3 is 1.26 bits per heavy atom. The third-order valence-corrected chi connectivity index (χ3v) is 27.3. The van der Waals surface area contributed by atoms with E-state index in [1.54, 1.807) is 0 Å². The van der Waals surface area contributed by atoms with Gasteiger partial charge in [-0.25, -0.2) is 0 Å². The molecule has 0 saturated heterocycles. The number of furan rings is 2. The molecule has 20 aromatic carbocycles. The molecule has 6 nitrogen and oxygen atoms in total. The lowest BCUT2D eigenvalue weighted by molar-refractivity contribution is 0.103. The minimum absolute atomic E-state index is 0.00568. The van der Waals surface area contributed by atoms with Gasteiger partial charge in [0, 0.05) is 98.6 Å². The van der Waals surface area contributed by atoms with E-state index in [2.05, 4.69) is 252 Å². The Kier molecular flexibility index (Phi) is 24.2. The minimum atomic E-state index is -1.41. The number of benzene rings is 20. The number of carbonyl (C=O) groups is 3. The topological polar surface area (TPSA) is 97.7 Å². The normalized spacial score (nSPS) is 11.7. The SMILES string of the molecule is O=C(c1ccc(-c2cccc(Br)c2)cc1)c1cccc2c1oc1ccccc12.O=C(c1ccc(-c2cccc3c2sc2ccccc23)cc1)c1cccc(Br)c1.O=C(c1ccc(Br)cc1)c1cccc(-c2cccc3c2oc2ccccc23)c1.OC(c1ccc(-c2c3ccccc3c(-c3ccccc3)c3ccccc23)cc1)(c1cccc(Br)c1)c1ccccc1-c1ccccc1. The number of thiophene rings is 1. The highest BCUT2D eigenvalue weighted by Crippen LogP contribution is 2.48. The average Bonchev–Trinajstić information content (AvgIpc) is 1.67. The van der Waals surface area contributed by atoms with Gasteiger partial charge in [-0.1, -0.05) is 428 Å². The summed E-state index contributed by atoms with van der Waals surface area (Å²) in [5, 5.41) is 24.6. The van der Waals surface area contributed by atoms with E-state index in [4.69, 9.17) is 8.83 Å². The molecule has 23 rings (SSSR count). The van der Waals surface area contributed by atoms with Gasteiger partial charge in [0.2, 0.25) is 0 Å². The second-order valence-electron chi connectivity index (χ2n) is 32.0. The van der Waals surface area contributed by atoms with Crippen molar-refractivity contribution in [3.63, 3.8) is 0 Å². The number of ketones is 3. The van der Waals surface area contributed by atoms with Crippen molar-refractivity contribution in [2.24, 2.45) is 0 Å². The molecule has 626 valence electrons. The molecule has 0 saturated carbocycles. The number of fused-ring (bicyclic) bond motifs is 11. The second-order valence-corrected chi connectivity index (χ2v) is 36.7. The van der Waals surface area contributed by atoms with Crippen molar-refractivity contribution in [2.45, 2.75) is 5.60 Å². The van der Waals surface area contributed by atoms with Crippen LogP contribution in [0.15, 0.2) is 482 Å². The van der Waals surface area contributed by atoms with Crippen molar-refractivity contribution in [1.82, 2.24) is 0 Å². The van der Waals surface area contributed by atoms with E-state index in [-0.39, 0.29) is 17.3 Å². The highest BCUT2D eigenvalue weighted by Gasteiger charge is 2.37. The molecule has 3 heterocycles. The van der Waals surface area contributed by atoms with Gasteiger partial charge in [-0.15, -0.1) is 11.3 Å². The van der Waals surface area contributed by atoms with Crippen molar-refractivity contribution in [1.29, 1.82) is 0 Å². The van der Waals surface area contributed by atoms with Crippen LogP contribution in [0.25, 0.3) is 152 Å². The number of hydrogen-bond donors (Lipinski definition) is 1. The fourth-order valence-corrected chi connectivity index (χ4v) is 20.5. The van der Waals surface area contributed by atoms with Gasteiger partial charge in [-0.2, -0.15) is 0 Å². The molecule has 0 aliphatic heterocycles. The quantitative estimate of drug-likeness (QED) is 0.0624. The fourth-order valence-electron chi connectivity index (χ4n) is 17.8. The number of halogens is 4. The maximum atomic E-state index is 13.2. The van der Waals surface area contributed by atoms with Gasteiger partial charge in [-0.05, 0) is 185 Å². The minimum Gasteiger partial charge on any atom is -0.455 e. The second kappa shape index (κ2) is 37.4. The van der Waals surface area contributed by atoms with E-state index < -0.39 is 5.60 Å². The Bertz CT molecular complexity index is 8210. The Hall–Kier alpha value is -14.4. The zero-order valence-corrected chi connectivity index (χ0v) is 77.4. The molecule has 0 amide bonds. The highest BCUT2D eigenvalue weighted by atomic mass is 79.9. The lowest BCUT2D eigenvalue weighted by atomic mass is 9.77. The first kappa shape index (κ1) is 84.8. The van der Waals surface area contributed by atoms with Crippen LogP contribution in [0.1, 0.15) is 64.5 Å². The first-order valence-electron chi connectivity index (χ1n) is 42.9. The van der Waals surface area contributed by atoms with Crippen LogP contribution in [0.3, 0.4) is 0 Å². The first-order valence-corrected chi connectivity index (χ1v) is 46.9. The number of aliphatic hydroxyl groups is 1. The molecule has 131 heavy (non-hydrogen) atoms. The van der Waals surface area contributed by atoms with Crippen molar-refractivity contribution in [2.75, 3.05) is 0 Å². The molecule has 0 aliphatic rings. The predicted molar refractivity (Wildman–Crippen MR) is 556 cm³/mol. The van der Waals surface area contributed by atoms with Crippen molar-refractivity contribution in [3.05, 3.63) is 523 Å². The van der Waals surface area contributed by atoms with Crippen molar-refractivity contribution >= 4 is 178 Å². The van der Waals surface area contributed by atoms with E-state index in [1.165, 1.54) is 64.0 Å². The fraction of sp³-hybridized carbons (Fsp3) is 0.00833. The molecule has 3 aromatic heterocycles. The average molecular weight is 1970 g/mol. The Labute approximate surface area is 794 Å². The number of hydrogen-bond acceptors (Lipinski definition) is 7. The summed E-state index contributed by atoms with van der Waals surface area (Å²) in [6.45, 7) is 0. The van der Waals surface area contributed by atoms with Gasteiger partial charge in [0.1, 0.15) is 27.9 Å². The van der Waals surface area contributed by atoms with Crippen LogP contribution in [0.5, 0.6) is 0 Å². The maximum absolute atomic E-state index is 13.2. The van der Waals surface area contributed by atoms with Crippen LogP contribution >= 0.6 is 75.1 Å². The summed E-state index contributed by atoms with van der Waals surface area (Å²) in [7, 11) is 0. The van der Waals surface area contributed by atoms with Gasteiger partial charge < -0.3 is 13.9 Å². The lowest BCUT2D eigenvalue weighted by Crippen LogP contribution is -2.29. The summed E-state index contributed by atoms with van der Waals surface area (Å²) >= 11 is 15.8. The molecule has 0 spiro atoms. The standard InChI is InChI=1S/C45H31BrO.2C25H15BrO2.C25H15BrOS/c46-36-19-13-18-35(30-36)45(47,42-25-12-11-20-37(42)31-14-3-1-4-15-31)34-28-26-33(27-29-34)44-40-23-9-7-21-38(40)43(32-16-5-2-6-17-32)39-22-8-10-24-41(39)44;26-19-6-3-5-18(15-19)16-11-13-17(14-12-16)24(27)22-9-4-8-21-20-7-1-2-10-23(20)28-25(21)22;26-19-13-11-16(12-14-19)24(27)18-6-3-5-17(15-18)20-8-4-9-22-21-7-1-2-10-23(21)28-25(20)22;26-19-6-3-5-18(15-19)24(27)17-13-11-16(12-14-17)20-8-4-9-22-21-7-1-2-10-23(21)28-25(20)22/h1-30,47H;3*1-15H. The first-order chi connectivity index (χ1) is 64.2. The monoisotopic (exact) mass is 1960 g/mol. The lowest BCUT2D eigenvalue weighted by Gasteiger charge is -2.32. The van der Waals surface area contributed by atoms with Gasteiger partial charge in [-0.3, -0.25) is 14.4 Å². The van der Waals surface area contributed by atoms with E-state index in [0.29, 0.717) is 39.0 Å². The molecule has 1 unspecified atom stereocenters. The number of para-hydroxylation sites is 4. The van der Waals surface area contributed by atoms with Gasteiger partial charge in [0.25, 0.3) is 0 Å². The summed E-state index contributed by atoms with van der Waals surface area (Å²) in [6.07, 6.45) is 0. The van der Waals surface area contributed by atoms with Gasteiger partial charge in [0.15, 0.2) is 17.3 Å². The highest BCUT2D eigenvalue weighted by molar-refractivity contribution is 9.11. The Morgan fingerprint density at radius 1 is 0.244 bits per heavy atom. The van der Waals surface area contributed by atoms with Crippen LogP contribution in [0.2, 0.25) is 0 Å². The largest absolute Gasteiger partial charge is 0.455 e. The third-order valence-electron chi connectivity index (χ3n) is 24.1. The zero-order valence-electron chi connectivity index (χ0n) is 70.2. The molecule has 0 radical (unpaired) electrons. The molecular formula is C120H76Br4O6S. The molecule has 23 aromatic rings. The maximum Gasteiger partial charge on any atom is 0.196 e. The summed E-state index contributed by atoms with van der Waals surface area (Å²) in [5.74, 6) is 0.00417. The zero-order chi connectivity index (χ0) is 89.1. The predicted octanol–water partition coefficient (Wildman–Crippen LogP) is 34.2. The van der Waals surface area contributed by atoms with Crippen molar-refractivity contribution in [3.8, 4) is 66.8 Å². The summed E-state index contributed by atoms with van der Waals surface area (Å²) in [6, 6.07) is 152. The molecule has 1 N–H and O–H groups in total. The van der Waals surface area contributed by atoms with Crippen LogP contribution in [0, 0.1) is 0 Å². The van der Waals surface area contributed by atoms with Crippen LogP contribution < -0.4 is 0 Å². The summed E-state index contributed by atoms with van der Waals surface area (Å²) in [5.41, 5.74) is 21.4. The van der Waals surface area contributed by atoms with Crippen molar-refractivity contribution < 1.29 is 28.3 Å². The Morgan fingerprint density at radius 2 is 0.649 bits per heavy atom. The van der Waals surface area contributed by atoms with E-state index in [9.17, 15) is 19.5 Å². The summed E-state index contributed by atoms with van der Waals surface area (Å²) < 4.78 is 18.5. The van der Waals surface area contributed by atoms with Gasteiger partial charge in [0.05, 0.1) is 5.56 Å². The number of rotatable bonds is 15. The van der Waals surface area contributed by atoms with E-state index in [0.717, 1.165) is 117 Å². The third kappa shape index (κ3) is 17.1. The van der Waals surface area contributed by atoms with Crippen LogP contribution in [-0.2, 0) is 5.60 Å². The Balaban J connectivity index is 0.000000112. The van der Waals surface area contributed by atoms with Gasteiger partial charge >= 0.3 is 0 Å². The molecule has 11 heteroatoms. The molecule has 1 atom stereocenters. The molecule has 0 fully saturated rings. The summed E-state index contributed by atoms with van der Waals surface area (Å²) in [4.78, 5) is 38.8. The van der Waals surface area contributed by atoms with Crippen LogP contribution in [0.4, 0.5) is 0 Å². The molecule has 0 aliphatic carbocycles.